The zero-order valence-electron chi connectivity index (χ0n) is 14.1. The van der Waals surface area contributed by atoms with Gasteiger partial charge >= 0.3 is 0 Å². The molecule has 2 aliphatic heterocycles. The van der Waals surface area contributed by atoms with Gasteiger partial charge in [-0.2, -0.15) is 0 Å². The molecule has 1 fully saturated rings. The van der Waals surface area contributed by atoms with Crippen molar-refractivity contribution in [2.75, 3.05) is 32.1 Å². The summed E-state index contributed by atoms with van der Waals surface area (Å²) in [5.41, 5.74) is 1.32. The Kier molecular flexibility index (Phi) is 4.55. The van der Waals surface area contributed by atoms with E-state index in [1.807, 2.05) is 14.1 Å². The van der Waals surface area contributed by atoms with Gasteiger partial charge in [0.1, 0.15) is 0 Å². The number of carbonyl (C=O) groups excluding carboxylic acids is 2. The Morgan fingerprint density at radius 3 is 2.67 bits per heavy atom. The molecule has 8 heteroatoms. The van der Waals surface area contributed by atoms with Gasteiger partial charge in [0.25, 0.3) is 5.56 Å². The smallest absolute Gasteiger partial charge is 0.255 e. The number of carbonyl (C=O) groups is 2. The van der Waals surface area contributed by atoms with Gasteiger partial charge in [0.05, 0.1) is 5.69 Å². The zero-order valence-corrected chi connectivity index (χ0v) is 14.1. The molecule has 0 unspecified atom stereocenters. The normalized spacial score (nSPS) is 20.3. The van der Waals surface area contributed by atoms with E-state index in [9.17, 15) is 14.4 Å². The van der Waals surface area contributed by atoms with Crippen molar-refractivity contribution in [1.29, 1.82) is 0 Å². The monoisotopic (exact) mass is 333 g/mol. The van der Waals surface area contributed by atoms with Crippen molar-refractivity contribution < 1.29 is 9.59 Å². The van der Waals surface area contributed by atoms with Crippen LogP contribution < -0.4 is 15.8 Å². The van der Waals surface area contributed by atoms with Crippen LogP contribution in [0.25, 0.3) is 0 Å². The number of aromatic amines is 1. The van der Waals surface area contributed by atoms with E-state index in [1.165, 1.54) is 0 Å². The van der Waals surface area contributed by atoms with Crippen molar-refractivity contribution >= 4 is 17.8 Å². The molecule has 0 radical (unpaired) electrons. The van der Waals surface area contributed by atoms with Gasteiger partial charge in [0.2, 0.25) is 17.8 Å². The second-order valence-corrected chi connectivity index (χ2v) is 6.60. The van der Waals surface area contributed by atoms with E-state index < -0.39 is 0 Å². The lowest BCUT2D eigenvalue weighted by Gasteiger charge is -2.22. The van der Waals surface area contributed by atoms with E-state index in [1.54, 1.807) is 9.80 Å². The lowest BCUT2D eigenvalue weighted by molar-refractivity contribution is -0.131. The predicted molar refractivity (Wildman–Crippen MR) is 89.0 cm³/mol. The summed E-state index contributed by atoms with van der Waals surface area (Å²) in [4.78, 5) is 46.8. The first-order valence-electron chi connectivity index (χ1n) is 8.30. The van der Waals surface area contributed by atoms with Gasteiger partial charge in [-0.05, 0) is 12.8 Å². The Labute approximate surface area is 140 Å². The number of rotatable bonds is 3. The van der Waals surface area contributed by atoms with Crippen LogP contribution in [-0.2, 0) is 22.4 Å². The largest absolute Gasteiger partial charge is 0.353 e. The first kappa shape index (κ1) is 16.5. The maximum Gasteiger partial charge on any atom is 0.255 e. The van der Waals surface area contributed by atoms with Gasteiger partial charge in [-0.15, -0.1) is 0 Å². The molecule has 2 amide bonds. The lowest BCUT2D eigenvalue weighted by atomic mass is 10.1. The predicted octanol–water partition coefficient (Wildman–Crippen LogP) is -0.568. The topological polar surface area (TPSA) is 98.4 Å². The quantitative estimate of drug-likeness (QED) is 0.772. The first-order chi connectivity index (χ1) is 11.4. The Morgan fingerprint density at radius 2 is 2.00 bits per heavy atom. The fraction of sp³-hybridized carbons (Fsp3) is 0.625. The number of H-pyrrole nitrogens is 1. The molecule has 1 saturated heterocycles. The van der Waals surface area contributed by atoms with Crippen LogP contribution in [0.2, 0.25) is 0 Å². The van der Waals surface area contributed by atoms with Crippen LogP contribution in [0.3, 0.4) is 0 Å². The summed E-state index contributed by atoms with van der Waals surface area (Å²) in [6.07, 6.45) is 2.62. The molecule has 0 bridgehead atoms. The summed E-state index contributed by atoms with van der Waals surface area (Å²) in [5, 5.41) is 2.83. The van der Waals surface area contributed by atoms with Crippen LogP contribution in [0.15, 0.2) is 4.79 Å². The lowest BCUT2D eigenvalue weighted by Crippen LogP contribution is -2.38. The number of fused-ring (bicyclic) bond motifs is 1. The maximum absolute atomic E-state index is 12.5. The van der Waals surface area contributed by atoms with Crippen LogP contribution in [0.4, 0.5) is 5.95 Å². The van der Waals surface area contributed by atoms with Gasteiger partial charge in [-0.25, -0.2) is 4.98 Å². The Hall–Kier alpha value is -2.38. The third-order valence-electron chi connectivity index (χ3n) is 4.62. The molecule has 1 aromatic heterocycles. The molecule has 0 saturated carbocycles. The average Bonchev–Trinajstić information content (AvgIpc) is 2.81. The molecule has 2 N–H and O–H groups in total. The third-order valence-corrected chi connectivity index (χ3v) is 4.62. The SMILES string of the molecule is CN(C)c1nc2c(c(=O)[nH]1)CCN(C(=O)C[C@H]1CCC(=O)N1)CC2. The number of anilines is 1. The number of nitrogens with zero attached hydrogens (tertiary/aromatic N) is 3. The summed E-state index contributed by atoms with van der Waals surface area (Å²) >= 11 is 0. The fourth-order valence-corrected chi connectivity index (χ4v) is 3.23. The van der Waals surface area contributed by atoms with Crippen LogP contribution >= 0.6 is 0 Å². The summed E-state index contributed by atoms with van der Waals surface area (Å²) in [6.45, 7) is 1.06. The van der Waals surface area contributed by atoms with Crippen LogP contribution in [0, 0.1) is 0 Å². The summed E-state index contributed by atoms with van der Waals surface area (Å²) in [7, 11) is 3.65. The highest BCUT2D eigenvalue weighted by atomic mass is 16.2. The van der Waals surface area contributed by atoms with Crippen molar-refractivity contribution in [2.24, 2.45) is 0 Å². The van der Waals surface area contributed by atoms with Crippen molar-refractivity contribution in [3.05, 3.63) is 21.6 Å². The minimum absolute atomic E-state index is 0.0167. The van der Waals surface area contributed by atoms with Gasteiger partial charge in [-0.3, -0.25) is 19.4 Å². The molecule has 1 atom stereocenters. The minimum Gasteiger partial charge on any atom is -0.353 e. The van der Waals surface area contributed by atoms with Gasteiger partial charge < -0.3 is 15.1 Å². The van der Waals surface area contributed by atoms with Crippen LogP contribution in [0.5, 0.6) is 0 Å². The summed E-state index contributed by atoms with van der Waals surface area (Å²) in [5.74, 6) is 0.578. The van der Waals surface area contributed by atoms with Crippen LogP contribution in [-0.4, -0.2) is 59.9 Å². The fourth-order valence-electron chi connectivity index (χ4n) is 3.23. The Morgan fingerprint density at radius 1 is 1.25 bits per heavy atom. The van der Waals surface area contributed by atoms with E-state index >= 15 is 0 Å². The van der Waals surface area contributed by atoms with Crippen LogP contribution in [0.1, 0.15) is 30.5 Å². The van der Waals surface area contributed by atoms with Gasteiger partial charge in [0.15, 0.2) is 0 Å². The van der Waals surface area contributed by atoms with Crippen molar-refractivity contribution in [2.45, 2.75) is 38.1 Å². The van der Waals surface area contributed by atoms with E-state index in [-0.39, 0.29) is 23.4 Å². The zero-order chi connectivity index (χ0) is 17.3. The minimum atomic E-state index is -0.124. The molecule has 130 valence electrons. The van der Waals surface area contributed by atoms with Gasteiger partial charge in [-0.1, -0.05) is 0 Å². The Balaban J connectivity index is 1.69. The number of aromatic nitrogens is 2. The molecule has 0 aromatic carbocycles. The molecule has 8 nitrogen and oxygen atoms in total. The second kappa shape index (κ2) is 6.62. The van der Waals surface area contributed by atoms with E-state index in [2.05, 4.69) is 15.3 Å². The standard InChI is InChI=1S/C16H23N5O3/c1-20(2)16-18-12-6-8-21(7-5-11(12)15(24)19-16)14(23)9-10-3-4-13(22)17-10/h10H,3-9H2,1-2H3,(H,17,22)(H,18,19,24)/t10-/m1/s1. The highest BCUT2D eigenvalue weighted by Gasteiger charge is 2.27. The van der Waals surface area contributed by atoms with Crippen molar-refractivity contribution in [1.82, 2.24) is 20.2 Å². The molecular formula is C16H23N5O3. The molecule has 1 aromatic rings. The number of hydrogen-bond donors (Lipinski definition) is 2. The molecule has 3 rings (SSSR count). The second-order valence-electron chi connectivity index (χ2n) is 6.60. The highest BCUT2D eigenvalue weighted by Crippen LogP contribution is 2.16. The molecular weight excluding hydrogens is 310 g/mol. The number of nitrogens with one attached hydrogen (secondary N) is 2. The molecule has 2 aliphatic rings. The number of amides is 2. The molecule has 24 heavy (non-hydrogen) atoms. The van der Waals surface area contributed by atoms with Gasteiger partial charge in [0, 0.05) is 58.1 Å². The van der Waals surface area contributed by atoms with E-state index in [0.717, 1.165) is 5.69 Å². The maximum atomic E-state index is 12.5. The average molecular weight is 333 g/mol. The summed E-state index contributed by atoms with van der Waals surface area (Å²) < 4.78 is 0. The van der Waals surface area contributed by atoms with Crippen molar-refractivity contribution in [3.63, 3.8) is 0 Å². The van der Waals surface area contributed by atoms with E-state index in [0.29, 0.717) is 56.7 Å². The number of hydrogen-bond acceptors (Lipinski definition) is 5. The third kappa shape index (κ3) is 3.42. The highest BCUT2D eigenvalue weighted by molar-refractivity contribution is 5.82. The molecule has 0 spiro atoms. The molecule has 3 heterocycles. The molecule has 0 aliphatic carbocycles. The first-order valence-corrected chi connectivity index (χ1v) is 8.30. The Bertz CT molecular complexity index is 712. The summed E-state index contributed by atoms with van der Waals surface area (Å²) in [6, 6.07) is -0.0579. The van der Waals surface area contributed by atoms with Crippen molar-refractivity contribution in [3.8, 4) is 0 Å². The van der Waals surface area contributed by atoms with E-state index in [4.69, 9.17) is 0 Å².